The second-order valence-corrected chi connectivity index (χ2v) is 7.29. The van der Waals surface area contributed by atoms with Gasteiger partial charge in [-0.25, -0.2) is 5.43 Å². The van der Waals surface area contributed by atoms with E-state index in [4.69, 9.17) is 10.6 Å². The molecule has 2 rings (SSSR count). The summed E-state index contributed by atoms with van der Waals surface area (Å²) in [7, 11) is 1.70. The molecular weight excluding hydrogens is 371 g/mol. The fraction of sp³-hybridized carbons (Fsp3) is 0.286. The first-order valence-electron chi connectivity index (χ1n) is 5.92. The van der Waals surface area contributed by atoms with Crippen LogP contribution in [-0.4, -0.2) is 7.11 Å². The average molecular weight is 388 g/mol. The van der Waals surface area contributed by atoms with Crippen molar-refractivity contribution in [3.8, 4) is 5.75 Å². The van der Waals surface area contributed by atoms with Crippen molar-refractivity contribution >= 4 is 33.9 Å². The molecule has 0 saturated carbocycles. The third-order valence-corrected chi connectivity index (χ3v) is 4.90. The molecule has 0 radical (unpaired) electrons. The summed E-state index contributed by atoms with van der Waals surface area (Å²) in [6, 6.07) is 6.30. The van der Waals surface area contributed by atoms with E-state index in [0.717, 1.165) is 11.3 Å². The lowest BCUT2D eigenvalue weighted by atomic mass is 9.94. The van der Waals surface area contributed by atoms with Crippen molar-refractivity contribution in [3.63, 3.8) is 0 Å². The van der Waals surface area contributed by atoms with Gasteiger partial charge in [-0.15, -0.1) is 11.3 Å². The maximum Gasteiger partial charge on any atom is 0.124 e. The SMILES string of the molecule is COc1cc(C)cc(C)c1C(NN)c1csc(I)c1. The predicted molar refractivity (Wildman–Crippen MR) is 88.7 cm³/mol. The number of nitrogens with one attached hydrogen (secondary N) is 1. The van der Waals surface area contributed by atoms with E-state index in [1.807, 2.05) is 6.07 Å². The molecule has 2 aromatic rings. The highest BCUT2D eigenvalue weighted by Crippen LogP contribution is 2.35. The van der Waals surface area contributed by atoms with E-state index in [1.165, 1.54) is 19.6 Å². The minimum Gasteiger partial charge on any atom is -0.496 e. The van der Waals surface area contributed by atoms with Crippen molar-refractivity contribution in [3.05, 3.63) is 48.7 Å². The number of thiophene rings is 1. The molecule has 5 heteroatoms. The fourth-order valence-electron chi connectivity index (χ4n) is 2.30. The molecule has 0 bridgehead atoms. The number of halogens is 1. The molecule has 0 amide bonds. The Balaban J connectivity index is 2.55. The van der Waals surface area contributed by atoms with E-state index in [0.29, 0.717) is 0 Å². The van der Waals surface area contributed by atoms with Gasteiger partial charge in [-0.05, 0) is 70.6 Å². The molecule has 1 aromatic carbocycles. The molecular formula is C14H17IN2OS. The predicted octanol–water partition coefficient (Wildman–Crippen LogP) is 3.53. The number of hydrogen-bond donors (Lipinski definition) is 2. The zero-order chi connectivity index (χ0) is 14.0. The number of methoxy groups -OCH3 is 1. The van der Waals surface area contributed by atoms with Gasteiger partial charge in [0, 0.05) is 5.56 Å². The Morgan fingerprint density at radius 3 is 2.58 bits per heavy atom. The van der Waals surface area contributed by atoms with Crippen molar-refractivity contribution in [2.45, 2.75) is 19.9 Å². The van der Waals surface area contributed by atoms with E-state index in [1.54, 1.807) is 18.4 Å². The van der Waals surface area contributed by atoms with E-state index < -0.39 is 0 Å². The maximum atomic E-state index is 5.77. The molecule has 1 atom stereocenters. The fourth-order valence-corrected chi connectivity index (χ4v) is 3.70. The molecule has 0 fully saturated rings. The van der Waals surface area contributed by atoms with Crippen molar-refractivity contribution in [2.75, 3.05) is 7.11 Å². The topological polar surface area (TPSA) is 47.3 Å². The van der Waals surface area contributed by atoms with Gasteiger partial charge < -0.3 is 4.74 Å². The second-order valence-electron chi connectivity index (χ2n) is 4.48. The van der Waals surface area contributed by atoms with E-state index in [9.17, 15) is 0 Å². The first-order valence-corrected chi connectivity index (χ1v) is 7.88. The lowest BCUT2D eigenvalue weighted by Crippen LogP contribution is -2.29. The largest absolute Gasteiger partial charge is 0.496 e. The van der Waals surface area contributed by atoms with Gasteiger partial charge >= 0.3 is 0 Å². The van der Waals surface area contributed by atoms with Crippen LogP contribution in [0.3, 0.4) is 0 Å². The van der Waals surface area contributed by atoms with E-state index in [-0.39, 0.29) is 6.04 Å². The van der Waals surface area contributed by atoms with Crippen LogP contribution in [0, 0.1) is 16.7 Å². The van der Waals surface area contributed by atoms with Gasteiger partial charge in [-0.3, -0.25) is 5.84 Å². The maximum absolute atomic E-state index is 5.77. The van der Waals surface area contributed by atoms with Crippen LogP contribution in [0.15, 0.2) is 23.6 Å². The normalized spacial score (nSPS) is 12.5. The summed E-state index contributed by atoms with van der Waals surface area (Å²) in [4.78, 5) is 0. The molecule has 3 nitrogen and oxygen atoms in total. The molecule has 0 spiro atoms. The Labute approximate surface area is 131 Å². The zero-order valence-electron chi connectivity index (χ0n) is 11.2. The number of nitrogens with two attached hydrogens (primary N) is 1. The third kappa shape index (κ3) is 3.10. The molecule has 0 aliphatic carbocycles. The molecule has 0 aliphatic rings. The minimum atomic E-state index is -0.0460. The van der Waals surface area contributed by atoms with Gasteiger partial charge in [0.15, 0.2) is 0 Å². The number of hydrazine groups is 1. The molecule has 0 aliphatic heterocycles. The zero-order valence-corrected chi connectivity index (χ0v) is 14.1. The van der Waals surface area contributed by atoms with Crippen LogP contribution in [0.4, 0.5) is 0 Å². The average Bonchev–Trinajstić information content (AvgIpc) is 2.78. The van der Waals surface area contributed by atoms with Gasteiger partial charge in [0.05, 0.1) is 16.0 Å². The van der Waals surface area contributed by atoms with Crippen LogP contribution in [0.1, 0.15) is 28.3 Å². The second kappa shape index (κ2) is 6.21. The number of ether oxygens (including phenoxy) is 1. The molecule has 0 saturated heterocycles. The van der Waals surface area contributed by atoms with Crippen LogP contribution in [0.2, 0.25) is 0 Å². The van der Waals surface area contributed by atoms with Crippen molar-refractivity contribution < 1.29 is 4.74 Å². The highest BCUT2D eigenvalue weighted by atomic mass is 127. The Hall–Kier alpha value is -0.630. The Morgan fingerprint density at radius 1 is 1.32 bits per heavy atom. The first-order chi connectivity index (χ1) is 9.06. The lowest BCUT2D eigenvalue weighted by molar-refractivity contribution is 0.403. The van der Waals surface area contributed by atoms with Gasteiger partial charge in [0.25, 0.3) is 0 Å². The minimum absolute atomic E-state index is 0.0460. The summed E-state index contributed by atoms with van der Waals surface area (Å²) in [5.74, 6) is 6.65. The van der Waals surface area contributed by atoms with Crippen LogP contribution >= 0.6 is 33.9 Å². The van der Waals surface area contributed by atoms with Crippen molar-refractivity contribution in [1.29, 1.82) is 0 Å². The lowest BCUT2D eigenvalue weighted by Gasteiger charge is -2.21. The Morgan fingerprint density at radius 2 is 2.05 bits per heavy atom. The summed E-state index contributed by atoms with van der Waals surface area (Å²) in [6.45, 7) is 4.16. The van der Waals surface area contributed by atoms with Gasteiger partial charge in [0.2, 0.25) is 0 Å². The standard InChI is InChI=1S/C14H17IN2OS/c1-8-4-9(2)13(11(5-8)18-3)14(17-16)10-6-12(15)19-7-10/h4-7,14,17H,16H2,1-3H3. The molecule has 1 heterocycles. The van der Waals surface area contributed by atoms with Crippen LogP contribution in [0.25, 0.3) is 0 Å². The van der Waals surface area contributed by atoms with Crippen molar-refractivity contribution in [2.24, 2.45) is 5.84 Å². The molecule has 1 aromatic heterocycles. The summed E-state index contributed by atoms with van der Waals surface area (Å²) in [5, 5.41) is 2.13. The van der Waals surface area contributed by atoms with Crippen LogP contribution in [0.5, 0.6) is 5.75 Å². The van der Waals surface area contributed by atoms with Gasteiger partial charge in [-0.2, -0.15) is 0 Å². The summed E-state index contributed by atoms with van der Waals surface area (Å²) >= 11 is 4.04. The van der Waals surface area contributed by atoms with Gasteiger partial charge in [0.1, 0.15) is 5.75 Å². The summed E-state index contributed by atoms with van der Waals surface area (Å²) in [6.07, 6.45) is 0. The highest BCUT2D eigenvalue weighted by molar-refractivity contribution is 14.1. The van der Waals surface area contributed by atoms with Gasteiger partial charge in [-0.1, -0.05) is 6.07 Å². The highest BCUT2D eigenvalue weighted by Gasteiger charge is 2.20. The number of aryl methyl sites for hydroxylation is 2. The molecule has 1 unspecified atom stereocenters. The summed E-state index contributed by atoms with van der Waals surface area (Å²) in [5.41, 5.74) is 7.55. The van der Waals surface area contributed by atoms with Crippen LogP contribution in [-0.2, 0) is 0 Å². The van der Waals surface area contributed by atoms with Crippen LogP contribution < -0.4 is 16.0 Å². The first kappa shape index (κ1) is 14.8. The van der Waals surface area contributed by atoms with Crippen molar-refractivity contribution in [1.82, 2.24) is 5.43 Å². The smallest absolute Gasteiger partial charge is 0.124 e. The number of benzene rings is 1. The van der Waals surface area contributed by atoms with E-state index in [2.05, 4.69) is 59.4 Å². The molecule has 102 valence electrons. The third-order valence-electron chi connectivity index (χ3n) is 3.09. The number of rotatable bonds is 4. The van der Waals surface area contributed by atoms with E-state index >= 15 is 0 Å². The quantitative estimate of drug-likeness (QED) is 0.479. The number of hydrogen-bond acceptors (Lipinski definition) is 4. The molecule has 3 N–H and O–H groups in total. The Bertz CT molecular complexity index is 583. The molecule has 19 heavy (non-hydrogen) atoms. The Kier molecular flexibility index (Phi) is 4.83. The monoisotopic (exact) mass is 388 g/mol. The summed E-state index contributed by atoms with van der Waals surface area (Å²) < 4.78 is 6.77.